The van der Waals surface area contributed by atoms with Crippen molar-refractivity contribution >= 4 is 58.2 Å². The molecule has 1 N–H and O–H groups in total. The molecule has 3 atom stereocenters. The van der Waals surface area contributed by atoms with E-state index in [4.69, 9.17) is 18.2 Å². The van der Waals surface area contributed by atoms with E-state index in [0.29, 0.717) is 54.2 Å². The lowest BCUT2D eigenvalue weighted by atomic mass is 9.96. The van der Waals surface area contributed by atoms with E-state index in [1.54, 1.807) is 23.4 Å². The van der Waals surface area contributed by atoms with Crippen molar-refractivity contribution in [1.29, 1.82) is 0 Å². The van der Waals surface area contributed by atoms with Crippen LogP contribution in [0.25, 0.3) is 4.85 Å². The number of carbonyl (C=O) groups is 4. The number of hydrogen-bond donors (Lipinski definition) is 1. The fourth-order valence-electron chi connectivity index (χ4n) is 9.10. The molecule has 0 spiro atoms. The minimum atomic E-state index is -0.603. The Kier molecular flexibility index (Phi) is 11.0. The fourth-order valence-corrected chi connectivity index (χ4v) is 9.32. The van der Waals surface area contributed by atoms with Gasteiger partial charge < -0.3 is 24.5 Å². The predicted octanol–water partition coefficient (Wildman–Crippen LogP) is 4.15. The summed E-state index contributed by atoms with van der Waals surface area (Å²) in [5.41, 5.74) is 4.89. The number of nitrogens with zero attached hydrogens (tertiary/aromatic N) is 9. The Morgan fingerprint density at radius 3 is 2.32 bits per heavy atom. The Bertz CT molecular complexity index is 2080. The van der Waals surface area contributed by atoms with Gasteiger partial charge in [0.25, 0.3) is 5.91 Å². The molecule has 0 aliphatic carbocycles. The highest BCUT2D eigenvalue weighted by Crippen LogP contribution is 2.33. The second-order valence-corrected chi connectivity index (χ2v) is 16.6. The smallest absolute Gasteiger partial charge is 0.255 e. The van der Waals surface area contributed by atoms with Crippen LogP contribution >= 0.6 is 11.6 Å². The van der Waals surface area contributed by atoms with Gasteiger partial charge in [-0.3, -0.25) is 29.4 Å². The van der Waals surface area contributed by atoms with Crippen molar-refractivity contribution in [1.82, 2.24) is 30.0 Å². The molecule has 4 amide bonds. The molecule has 14 nitrogen and oxygen atoms in total. The topological polar surface area (TPSA) is 130 Å². The first kappa shape index (κ1) is 38.6. The van der Waals surface area contributed by atoms with Gasteiger partial charge in [0, 0.05) is 118 Å². The summed E-state index contributed by atoms with van der Waals surface area (Å²) in [5, 5.41) is 2.82. The zero-order valence-electron chi connectivity index (χ0n) is 32.6. The van der Waals surface area contributed by atoms with E-state index in [2.05, 4.69) is 59.6 Å². The second-order valence-electron chi connectivity index (χ2n) is 16.2. The number of aromatic nitrogens is 2. The van der Waals surface area contributed by atoms with E-state index in [9.17, 15) is 19.2 Å². The van der Waals surface area contributed by atoms with Crippen molar-refractivity contribution in [2.75, 3.05) is 73.6 Å². The minimum absolute atomic E-state index is 0.0118. The monoisotopic (exact) mass is 792 g/mol. The number of nitrogens with one attached hydrogen (secondary N) is 1. The molecule has 5 aliphatic heterocycles. The maximum atomic E-state index is 13.5. The number of piperazine rings is 2. The minimum Gasteiger partial charge on any atom is -0.369 e. The average molecular weight is 793 g/mol. The van der Waals surface area contributed by atoms with Gasteiger partial charge in [0.1, 0.15) is 6.04 Å². The molecule has 0 radical (unpaired) electrons. The van der Waals surface area contributed by atoms with E-state index >= 15 is 0 Å². The number of benzene rings is 2. The number of fused-ring (bicyclic) bond motifs is 1. The van der Waals surface area contributed by atoms with Crippen LogP contribution in [0.2, 0.25) is 5.02 Å². The zero-order valence-corrected chi connectivity index (χ0v) is 33.3. The summed E-state index contributed by atoms with van der Waals surface area (Å²) < 4.78 is 0. The predicted molar refractivity (Wildman–Crippen MR) is 218 cm³/mol. The number of amides is 4. The van der Waals surface area contributed by atoms with Gasteiger partial charge in [-0.25, -0.2) is 14.8 Å². The van der Waals surface area contributed by atoms with Crippen molar-refractivity contribution in [3.05, 3.63) is 81.9 Å². The molecule has 0 unspecified atom stereocenters. The van der Waals surface area contributed by atoms with Crippen LogP contribution in [-0.4, -0.2) is 125 Å². The van der Waals surface area contributed by atoms with Crippen LogP contribution in [0, 0.1) is 12.5 Å². The Hall–Kier alpha value is -5.26. The molecule has 5 aliphatic rings. The van der Waals surface area contributed by atoms with Gasteiger partial charge in [-0.05, 0) is 80.5 Å². The third-order valence-corrected chi connectivity index (χ3v) is 12.7. The van der Waals surface area contributed by atoms with E-state index in [0.717, 1.165) is 81.2 Å². The lowest BCUT2D eigenvalue weighted by molar-refractivity contribution is -0.137. The second kappa shape index (κ2) is 16.3. The summed E-state index contributed by atoms with van der Waals surface area (Å²) in [7, 11) is 0. The van der Waals surface area contributed by atoms with Crippen molar-refractivity contribution in [3.8, 4) is 0 Å². The summed E-state index contributed by atoms with van der Waals surface area (Å²) in [6.45, 7) is 19.7. The van der Waals surface area contributed by atoms with Crippen LogP contribution < -0.4 is 20.0 Å². The van der Waals surface area contributed by atoms with Gasteiger partial charge in [-0.2, -0.15) is 0 Å². The lowest BCUT2D eigenvalue weighted by Gasteiger charge is -2.45. The lowest BCUT2D eigenvalue weighted by Crippen LogP contribution is -2.58. The third kappa shape index (κ3) is 8.13. The zero-order chi connectivity index (χ0) is 39.8. The molecule has 4 fully saturated rings. The molecule has 4 saturated heterocycles. The molecule has 0 saturated carbocycles. The van der Waals surface area contributed by atoms with Crippen LogP contribution in [-0.2, 0) is 27.3 Å². The maximum Gasteiger partial charge on any atom is 0.255 e. The highest BCUT2D eigenvalue weighted by molar-refractivity contribution is 6.33. The third-order valence-electron chi connectivity index (χ3n) is 12.4. The Labute approximate surface area is 338 Å². The van der Waals surface area contributed by atoms with E-state index < -0.39 is 6.04 Å². The molecule has 15 heteroatoms. The molecule has 8 rings (SSSR count). The standard InChI is InChI=1S/C42H49ClN10O4/c1-27-24-52(28(2)23-51(27)33-5-7-36(44-3)35(43)20-33)39(55)18-30-21-45-42(46-22-30)50-12-10-29(11-13-50)25-48-14-16-49(17-15-48)32-4-6-34-31(19-32)26-53(41(34)57)37-8-9-38(54)47-40(37)56/h4-7,19-22,27-29,37H,8-18,23-26H2,1-2H3,(H,47,54,56)/t27-,28+,37-/m0/s1. The molecular formula is C42H49ClN10O4. The summed E-state index contributed by atoms with van der Waals surface area (Å²) >= 11 is 6.32. The van der Waals surface area contributed by atoms with Gasteiger partial charge in [0.15, 0.2) is 0 Å². The van der Waals surface area contributed by atoms with E-state index in [-0.39, 0.29) is 48.6 Å². The highest BCUT2D eigenvalue weighted by atomic mass is 35.5. The molecule has 57 heavy (non-hydrogen) atoms. The summed E-state index contributed by atoms with van der Waals surface area (Å²) in [6.07, 6.45) is 6.61. The number of imide groups is 1. The fraction of sp³-hybridized carbons (Fsp3) is 0.500. The Balaban J connectivity index is 0.769. The molecule has 0 bridgehead atoms. The molecule has 3 aromatic rings. The Morgan fingerprint density at radius 2 is 1.61 bits per heavy atom. The number of halogens is 1. The number of anilines is 3. The van der Waals surface area contributed by atoms with Gasteiger partial charge >= 0.3 is 0 Å². The molecule has 298 valence electrons. The first-order valence-electron chi connectivity index (χ1n) is 20.1. The SMILES string of the molecule is [C-]#[N+]c1ccc(N2C[C@@H](C)N(C(=O)Cc3cnc(N4CCC(CN5CCN(c6ccc7c(c6)CN([C@H]6CCC(=O)NC6=O)C7=O)CC5)CC4)nc3)C[C@@H]2C)cc1Cl. The number of hydrogen-bond acceptors (Lipinski definition) is 10. The van der Waals surface area contributed by atoms with Crippen molar-refractivity contribution in [3.63, 3.8) is 0 Å². The van der Waals surface area contributed by atoms with E-state index in [1.165, 1.54) is 0 Å². The van der Waals surface area contributed by atoms with Crippen molar-refractivity contribution < 1.29 is 19.2 Å². The number of rotatable bonds is 8. The molecular weight excluding hydrogens is 744 g/mol. The molecule has 6 heterocycles. The quantitative estimate of drug-likeness (QED) is 0.263. The first-order valence-corrected chi connectivity index (χ1v) is 20.5. The van der Waals surface area contributed by atoms with Crippen LogP contribution in [0.1, 0.15) is 61.0 Å². The van der Waals surface area contributed by atoms with Crippen molar-refractivity contribution in [2.45, 2.75) is 70.6 Å². The van der Waals surface area contributed by atoms with Gasteiger partial charge in [0.05, 0.1) is 13.0 Å². The van der Waals surface area contributed by atoms with Crippen LogP contribution in [0.3, 0.4) is 0 Å². The van der Waals surface area contributed by atoms with Crippen LogP contribution in [0.4, 0.5) is 23.0 Å². The van der Waals surface area contributed by atoms with Crippen molar-refractivity contribution in [2.24, 2.45) is 5.92 Å². The van der Waals surface area contributed by atoms with E-state index in [1.807, 2.05) is 29.2 Å². The van der Waals surface area contributed by atoms with Gasteiger partial charge in [-0.1, -0.05) is 17.7 Å². The number of carbonyl (C=O) groups excluding carboxylic acids is 4. The summed E-state index contributed by atoms with van der Waals surface area (Å²) in [6, 6.07) is 11.0. The van der Waals surface area contributed by atoms with Gasteiger partial charge in [0.2, 0.25) is 29.4 Å². The van der Waals surface area contributed by atoms with Crippen LogP contribution in [0.5, 0.6) is 0 Å². The molecule has 2 aromatic carbocycles. The first-order chi connectivity index (χ1) is 27.5. The largest absolute Gasteiger partial charge is 0.369 e. The summed E-state index contributed by atoms with van der Waals surface area (Å²) in [4.78, 5) is 76.5. The molecule has 1 aromatic heterocycles. The highest BCUT2D eigenvalue weighted by Gasteiger charge is 2.39. The van der Waals surface area contributed by atoms with Gasteiger partial charge in [-0.15, -0.1) is 0 Å². The number of piperidine rings is 2. The maximum absolute atomic E-state index is 13.5. The Morgan fingerprint density at radius 1 is 0.877 bits per heavy atom. The summed E-state index contributed by atoms with van der Waals surface area (Å²) in [5.74, 6) is 0.580. The average Bonchev–Trinajstić information content (AvgIpc) is 3.54. The normalized spacial score (nSPS) is 23.4. The van der Waals surface area contributed by atoms with Crippen LogP contribution in [0.15, 0.2) is 48.8 Å².